The van der Waals surface area contributed by atoms with Crippen LogP contribution in [0.15, 0.2) is 77.7 Å². The molecule has 0 spiro atoms. The van der Waals surface area contributed by atoms with Crippen LogP contribution in [0.25, 0.3) is 0 Å². The number of halogens is 4. The lowest BCUT2D eigenvalue weighted by Crippen LogP contribution is -2.26. The van der Waals surface area contributed by atoms with Gasteiger partial charge in [-0.05, 0) is 54.4 Å². The molecule has 0 saturated carbocycles. The monoisotopic (exact) mass is 512 g/mol. The first kappa shape index (κ1) is 25.5. The summed E-state index contributed by atoms with van der Waals surface area (Å²) in [4.78, 5) is 12.1. The number of amides is 1. The summed E-state index contributed by atoms with van der Waals surface area (Å²) in [5.74, 6) is -0.533. The molecule has 0 aliphatic rings. The Morgan fingerprint density at radius 3 is 2.29 bits per heavy atom. The maximum atomic E-state index is 12.8. The Bertz CT molecular complexity index is 1240. The minimum absolute atomic E-state index is 0.0214. The molecule has 0 atom stereocenters. The van der Waals surface area contributed by atoms with Crippen molar-refractivity contribution in [2.75, 3.05) is 18.5 Å². The minimum Gasteiger partial charge on any atom is -0.484 e. The van der Waals surface area contributed by atoms with E-state index in [4.69, 9.17) is 16.3 Å². The Balaban J connectivity index is 1.53. The van der Waals surface area contributed by atoms with Crippen LogP contribution in [0.4, 0.5) is 18.9 Å². The van der Waals surface area contributed by atoms with Crippen molar-refractivity contribution in [1.82, 2.24) is 4.72 Å². The van der Waals surface area contributed by atoms with Crippen molar-refractivity contribution in [3.63, 3.8) is 0 Å². The smallest absolute Gasteiger partial charge is 0.416 e. The van der Waals surface area contributed by atoms with Crippen LogP contribution in [0.3, 0.4) is 0 Å². The number of sulfonamides is 1. The highest BCUT2D eigenvalue weighted by molar-refractivity contribution is 7.89. The summed E-state index contributed by atoms with van der Waals surface area (Å²) < 4.78 is 71.2. The van der Waals surface area contributed by atoms with Crippen molar-refractivity contribution in [2.24, 2.45) is 0 Å². The highest BCUT2D eigenvalue weighted by Crippen LogP contribution is 2.33. The quantitative estimate of drug-likeness (QED) is 0.427. The lowest BCUT2D eigenvalue weighted by atomic mass is 10.2. The second-order valence-electron chi connectivity index (χ2n) is 7.13. The molecule has 6 nitrogen and oxygen atoms in total. The van der Waals surface area contributed by atoms with Crippen molar-refractivity contribution < 1.29 is 31.1 Å². The normalized spacial score (nSPS) is 11.8. The zero-order valence-electron chi connectivity index (χ0n) is 17.6. The van der Waals surface area contributed by atoms with Gasteiger partial charge in [0.2, 0.25) is 10.0 Å². The van der Waals surface area contributed by atoms with E-state index in [0.717, 1.165) is 23.8 Å². The van der Waals surface area contributed by atoms with Crippen molar-refractivity contribution in [2.45, 2.75) is 17.5 Å². The molecule has 2 N–H and O–H groups in total. The number of hydrogen-bond acceptors (Lipinski definition) is 4. The van der Waals surface area contributed by atoms with E-state index in [2.05, 4.69) is 10.0 Å². The van der Waals surface area contributed by atoms with Gasteiger partial charge in [-0.25, -0.2) is 13.1 Å². The van der Waals surface area contributed by atoms with E-state index in [9.17, 15) is 26.4 Å². The summed E-state index contributed by atoms with van der Waals surface area (Å²) in [6.07, 6.45) is -4.05. The second kappa shape index (κ2) is 10.9. The molecule has 0 saturated heterocycles. The molecular weight excluding hydrogens is 493 g/mol. The number of rotatable bonds is 9. The molecule has 3 aromatic carbocycles. The van der Waals surface area contributed by atoms with Gasteiger partial charge in [0.1, 0.15) is 5.75 Å². The highest BCUT2D eigenvalue weighted by atomic mass is 35.5. The molecule has 11 heteroatoms. The second-order valence-corrected chi connectivity index (χ2v) is 9.31. The number of carbonyl (C=O) groups is 1. The zero-order valence-corrected chi connectivity index (χ0v) is 19.2. The summed E-state index contributed by atoms with van der Waals surface area (Å²) >= 11 is 5.85. The number of benzene rings is 3. The lowest BCUT2D eigenvalue weighted by molar-refractivity contribution is -0.137. The molecule has 0 aliphatic carbocycles. The van der Waals surface area contributed by atoms with E-state index in [1.165, 1.54) is 24.3 Å². The Kier molecular flexibility index (Phi) is 8.19. The van der Waals surface area contributed by atoms with Gasteiger partial charge in [-0.15, -0.1) is 0 Å². The van der Waals surface area contributed by atoms with Crippen LogP contribution >= 0.6 is 11.6 Å². The number of carbonyl (C=O) groups excluding carboxylic acids is 1. The van der Waals surface area contributed by atoms with Crippen LogP contribution in [0.2, 0.25) is 5.02 Å². The van der Waals surface area contributed by atoms with E-state index in [0.29, 0.717) is 6.42 Å². The SMILES string of the molecule is O=C(COc1ccc(S(=O)(=O)NCCc2ccccc2)cc1)Nc1cc(C(F)(F)F)ccc1Cl. The van der Waals surface area contributed by atoms with Crippen molar-refractivity contribution in [3.05, 3.63) is 88.9 Å². The Labute approximate surface area is 199 Å². The first-order valence-electron chi connectivity index (χ1n) is 9.98. The number of ether oxygens (including phenoxy) is 1. The molecular formula is C23H20ClF3N2O4S. The van der Waals surface area contributed by atoms with Crippen LogP contribution in [0.5, 0.6) is 5.75 Å². The summed E-state index contributed by atoms with van der Waals surface area (Å²) in [6, 6.07) is 17.4. The van der Waals surface area contributed by atoms with E-state index >= 15 is 0 Å². The Hall–Kier alpha value is -3.08. The Morgan fingerprint density at radius 2 is 1.65 bits per heavy atom. The molecule has 0 heterocycles. The van der Waals surface area contributed by atoms with Crippen molar-refractivity contribution >= 4 is 33.2 Å². The predicted octanol–water partition coefficient (Wildman–Crippen LogP) is 4.90. The average molecular weight is 513 g/mol. The Morgan fingerprint density at radius 1 is 0.971 bits per heavy atom. The molecule has 180 valence electrons. The van der Waals surface area contributed by atoms with Gasteiger partial charge in [0.05, 0.1) is 21.2 Å². The first-order valence-corrected chi connectivity index (χ1v) is 11.8. The molecule has 34 heavy (non-hydrogen) atoms. The fourth-order valence-electron chi connectivity index (χ4n) is 2.91. The molecule has 0 bridgehead atoms. The van der Waals surface area contributed by atoms with E-state index < -0.39 is 34.3 Å². The molecule has 1 amide bonds. The largest absolute Gasteiger partial charge is 0.484 e. The van der Waals surface area contributed by atoms with Crippen LogP contribution in [-0.2, 0) is 27.4 Å². The van der Waals surface area contributed by atoms with Gasteiger partial charge in [0.15, 0.2) is 6.61 Å². The van der Waals surface area contributed by atoms with Crippen LogP contribution in [0.1, 0.15) is 11.1 Å². The third-order valence-corrected chi connectivity index (χ3v) is 6.43. The van der Waals surface area contributed by atoms with Gasteiger partial charge < -0.3 is 10.1 Å². The topological polar surface area (TPSA) is 84.5 Å². The maximum absolute atomic E-state index is 12.8. The highest BCUT2D eigenvalue weighted by Gasteiger charge is 2.31. The minimum atomic E-state index is -4.58. The molecule has 0 fully saturated rings. The maximum Gasteiger partial charge on any atom is 0.416 e. The van der Waals surface area contributed by atoms with Gasteiger partial charge >= 0.3 is 6.18 Å². The summed E-state index contributed by atoms with van der Waals surface area (Å²) in [5, 5.41) is 2.20. The molecule has 0 radical (unpaired) electrons. The van der Waals surface area contributed by atoms with Gasteiger partial charge in [-0.3, -0.25) is 4.79 Å². The van der Waals surface area contributed by atoms with E-state index in [-0.39, 0.29) is 27.9 Å². The number of anilines is 1. The molecule has 0 aromatic heterocycles. The molecule has 0 aliphatic heterocycles. The summed E-state index contributed by atoms with van der Waals surface area (Å²) in [7, 11) is -3.73. The van der Waals surface area contributed by atoms with Crippen LogP contribution in [0, 0.1) is 0 Å². The van der Waals surface area contributed by atoms with Gasteiger partial charge in [0, 0.05) is 6.54 Å². The van der Waals surface area contributed by atoms with Crippen molar-refractivity contribution in [1.29, 1.82) is 0 Å². The number of alkyl halides is 3. The van der Waals surface area contributed by atoms with E-state index in [1.807, 2.05) is 30.3 Å². The lowest BCUT2D eigenvalue weighted by Gasteiger charge is -2.12. The number of nitrogens with one attached hydrogen (secondary N) is 2. The van der Waals surface area contributed by atoms with E-state index in [1.54, 1.807) is 0 Å². The molecule has 0 unspecified atom stereocenters. The standard InChI is InChI=1S/C23H20ClF3N2O4S/c24-20-11-6-17(23(25,26)27)14-21(20)29-22(30)15-33-18-7-9-19(10-8-18)34(31,32)28-13-12-16-4-2-1-3-5-16/h1-11,14,28H,12-13,15H2,(H,29,30). The van der Waals surface area contributed by atoms with Crippen LogP contribution in [-0.4, -0.2) is 27.5 Å². The zero-order chi connectivity index (χ0) is 24.8. The third kappa shape index (κ3) is 7.21. The van der Waals surface area contributed by atoms with Gasteiger partial charge in [0.25, 0.3) is 5.91 Å². The molecule has 3 aromatic rings. The fourth-order valence-corrected chi connectivity index (χ4v) is 4.10. The van der Waals surface area contributed by atoms with Gasteiger partial charge in [-0.2, -0.15) is 13.2 Å². The fraction of sp³-hybridized carbons (Fsp3) is 0.174. The summed E-state index contributed by atoms with van der Waals surface area (Å²) in [6.45, 7) is -0.295. The molecule has 3 rings (SSSR count). The third-order valence-electron chi connectivity index (χ3n) is 4.62. The average Bonchev–Trinajstić information content (AvgIpc) is 2.79. The van der Waals surface area contributed by atoms with Crippen molar-refractivity contribution in [3.8, 4) is 5.75 Å². The van der Waals surface area contributed by atoms with Crippen LogP contribution < -0.4 is 14.8 Å². The predicted molar refractivity (Wildman–Crippen MR) is 122 cm³/mol. The first-order chi connectivity index (χ1) is 16.0. The van der Waals surface area contributed by atoms with Gasteiger partial charge in [-0.1, -0.05) is 41.9 Å². The number of hydrogen-bond donors (Lipinski definition) is 2. The summed E-state index contributed by atoms with van der Waals surface area (Å²) in [5.41, 5.74) is -0.158.